The van der Waals surface area contributed by atoms with E-state index in [1.165, 1.54) is 36.2 Å². The zero-order chi connectivity index (χ0) is 19.5. The summed E-state index contributed by atoms with van der Waals surface area (Å²) in [6, 6.07) is 7.27. The molecule has 6 nitrogen and oxygen atoms in total. The third kappa shape index (κ3) is 4.13. The number of benzene rings is 1. The first-order valence-electron chi connectivity index (χ1n) is 10.8. The average Bonchev–Trinajstić information content (AvgIpc) is 3.19. The summed E-state index contributed by atoms with van der Waals surface area (Å²) in [6.07, 6.45) is 2.88. The van der Waals surface area contributed by atoms with Gasteiger partial charge in [-0.25, -0.2) is 0 Å². The minimum absolute atomic E-state index is 0.266. The lowest BCUT2D eigenvalue weighted by Gasteiger charge is -2.39. The van der Waals surface area contributed by atoms with Crippen LogP contribution in [0, 0.1) is 13.8 Å². The molecule has 154 valence electrons. The molecule has 3 aliphatic rings. The maximum absolute atomic E-state index is 6.09. The molecule has 0 bridgehead atoms. The second kappa shape index (κ2) is 8.70. The fourth-order valence-electron chi connectivity index (χ4n) is 4.78. The molecule has 3 saturated heterocycles. The molecule has 28 heavy (non-hydrogen) atoms. The van der Waals surface area contributed by atoms with Crippen LogP contribution >= 0.6 is 0 Å². The molecule has 2 unspecified atom stereocenters. The molecule has 0 amide bonds. The van der Waals surface area contributed by atoms with Crippen LogP contribution in [0.15, 0.2) is 23.2 Å². The Morgan fingerprint density at radius 2 is 2.00 bits per heavy atom. The number of hydrogen-bond donors (Lipinski definition) is 1. The van der Waals surface area contributed by atoms with Crippen molar-refractivity contribution in [2.75, 3.05) is 64.4 Å². The summed E-state index contributed by atoms with van der Waals surface area (Å²) in [6.45, 7) is 12.5. The van der Waals surface area contributed by atoms with Crippen LogP contribution in [0.3, 0.4) is 0 Å². The average molecular weight is 386 g/mol. The smallest absolute Gasteiger partial charge is 0.193 e. The molecule has 1 aromatic rings. The van der Waals surface area contributed by atoms with E-state index in [0.717, 1.165) is 51.8 Å². The second-order valence-corrected chi connectivity index (χ2v) is 8.37. The Hall–Kier alpha value is -1.79. The van der Waals surface area contributed by atoms with Gasteiger partial charge in [-0.1, -0.05) is 12.1 Å². The zero-order valence-corrected chi connectivity index (χ0v) is 17.7. The van der Waals surface area contributed by atoms with E-state index >= 15 is 0 Å². The van der Waals surface area contributed by atoms with Crippen LogP contribution in [-0.2, 0) is 4.74 Å². The monoisotopic (exact) mass is 385 g/mol. The van der Waals surface area contributed by atoms with E-state index in [1.54, 1.807) is 0 Å². The largest absolute Gasteiger partial charge is 0.373 e. The minimum Gasteiger partial charge on any atom is -0.373 e. The van der Waals surface area contributed by atoms with Gasteiger partial charge >= 0.3 is 0 Å². The molecular weight excluding hydrogens is 350 g/mol. The van der Waals surface area contributed by atoms with Crippen LogP contribution in [0.2, 0.25) is 0 Å². The fourth-order valence-corrected chi connectivity index (χ4v) is 4.78. The number of aliphatic imine (C=N–C) groups is 1. The summed E-state index contributed by atoms with van der Waals surface area (Å²) in [5.41, 5.74) is 4.14. The Labute approximate surface area is 169 Å². The molecule has 2 atom stereocenters. The molecule has 0 saturated carbocycles. The van der Waals surface area contributed by atoms with E-state index in [4.69, 9.17) is 4.74 Å². The quantitative estimate of drug-likeness (QED) is 0.636. The lowest BCUT2D eigenvalue weighted by molar-refractivity contribution is -0.0454. The molecule has 3 fully saturated rings. The highest BCUT2D eigenvalue weighted by molar-refractivity contribution is 5.80. The predicted molar refractivity (Wildman–Crippen MR) is 115 cm³/mol. The Morgan fingerprint density at radius 3 is 2.79 bits per heavy atom. The van der Waals surface area contributed by atoms with Crippen LogP contribution in [-0.4, -0.2) is 87.4 Å². The van der Waals surface area contributed by atoms with Gasteiger partial charge < -0.3 is 19.9 Å². The van der Waals surface area contributed by atoms with Gasteiger partial charge in [0.1, 0.15) is 0 Å². The molecule has 0 radical (unpaired) electrons. The summed E-state index contributed by atoms with van der Waals surface area (Å²) >= 11 is 0. The van der Waals surface area contributed by atoms with Crippen molar-refractivity contribution >= 4 is 11.6 Å². The van der Waals surface area contributed by atoms with Crippen molar-refractivity contribution in [3.05, 3.63) is 29.3 Å². The van der Waals surface area contributed by atoms with Gasteiger partial charge in [0, 0.05) is 58.0 Å². The zero-order valence-electron chi connectivity index (χ0n) is 17.7. The Morgan fingerprint density at radius 1 is 1.18 bits per heavy atom. The number of guanidine groups is 1. The van der Waals surface area contributed by atoms with Gasteiger partial charge in [-0.2, -0.15) is 0 Å². The first-order valence-corrected chi connectivity index (χ1v) is 10.8. The molecule has 6 heteroatoms. The SMILES string of the molecule is CN=C(NCC1CN2CCCC2CO1)N1CCN(c2cccc(C)c2C)CC1. The third-order valence-corrected chi connectivity index (χ3v) is 6.66. The fraction of sp³-hybridized carbons (Fsp3) is 0.682. The van der Waals surface area contributed by atoms with E-state index in [2.05, 4.69) is 57.1 Å². The van der Waals surface area contributed by atoms with Crippen LogP contribution in [0.25, 0.3) is 0 Å². The van der Waals surface area contributed by atoms with Gasteiger partial charge in [0.15, 0.2) is 5.96 Å². The summed E-state index contributed by atoms with van der Waals surface area (Å²) < 4.78 is 6.09. The number of anilines is 1. The van der Waals surface area contributed by atoms with E-state index in [9.17, 15) is 0 Å². The molecular formula is C22H35N5O. The van der Waals surface area contributed by atoms with Crippen LogP contribution in [0.1, 0.15) is 24.0 Å². The Balaban J connectivity index is 1.28. The molecule has 0 aromatic heterocycles. The summed E-state index contributed by atoms with van der Waals surface area (Å²) in [5, 5.41) is 3.57. The number of piperazine rings is 1. The maximum Gasteiger partial charge on any atom is 0.193 e. The van der Waals surface area contributed by atoms with Gasteiger partial charge in [0.25, 0.3) is 0 Å². The first kappa shape index (κ1) is 19.5. The number of ether oxygens (including phenoxy) is 1. The molecule has 0 spiro atoms. The Bertz CT molecular complexity index is 698. The normalized spacial score (nSPS) is 26.5. The minimum atomic E-state index is 0.266. The highest BCUT2D eigenvalue weighted by atomic mass is 16.5. The number of nitrogens with zero attached hydrogens (tertiary/aromatic N) is 4. The topological polar surface area (TPSA) is 43.3 Å². The van der Waals surface area contributed by atoms with Gasteiger partial charge in [-0.3, -0.25) is 9.89 Å². The highest BCUT2D eigenvalue weighted by Gasteiger charge is 2.32. The Kier molecular flexibility index (Phi) is 6.07. The van der Waals surface area contributed by atoms with Crippen molar-refractivity contribution in [1.29, 1.82) is 0 Å². The van der Waals surface area contributed by atoms with Crippen LogP contribution < -0.4 is 10.2 Å². The number of fused-ring (bicyclic) bond motifs is 1. The van der Waals surface area contributed by atoms with Crippen molar-refractivity contribution in [2.24, 2.45) is 4.99 Å². The summed E-state index contributed by atoms with van der Waals surface area (Å²) in [5.74, 6) is 1.01. The lowest BCUT2D eigenvalue weighted by atomic mass is 10.1. The molecule has 1 aromatic carbocycles. The maximum atomic E-state index is 6.09. The molecule has 3 heterocycles. The number of rotatable bonds is 3. The van der Waals surface area contributed by atoms with E-state index < -0.39 is 0 Å². The second-order valence-electron chi connectivity index (χ2n) is 8.37. The van der Waals surface area contributed by atoms with Crippen molar-refractivity contribution < 1.29 is 4.74 Å². The van der Waals surface area contributed by atoms with Crippen LogP contribution in [0.5, 0.6) is 0 Å². The van der Waals surface area contributed by atoms with Gasteiger partial charge in [0.2, 0.25) is 0 Å². The number of hydrogen-bond acceptors (Lipinski definition) is 4. The van der Waals surface area contributed by atoms with Gasteiger partial charge in [-0.15, -0.1) is 0 Å². The summed E-state index contributed by atoms with van der Waals surface area (Å²) in [7, 11) is 1.89. The van der Waals surface area contributed by atoms with Crippen molar-refractivity contribution in [3.63, 3.8) is 0 Å². The first-order chi connectivity index (χ1) is 13.7. The predicted octanol–water partition coefficient (Wildman–Crippen LogP) is 1.86. The number of morpholine rings is 1. The standard InChI is InChI=1S/C22H35N5O/c1-17-6-4-8-21(18(17)2)25-10-12-26(13-11-25)22(23-3)24-14-20-15-27-9-5-7-19(27)16-28-20/h4,6,8,19-20H,5,7,9-16H2,1-3H3,(H,23,24). The lowest BCUT2D eigenvalue weighted by Crippen LogP contribution is -2.55. The number of nitrogens with one attached hydrogen (secondary N) is 1. The van der Waals surface area contributed by atoms with Crippen molar-refractivity contribution in [2.45, 2.75) is 38.8 Å². The van der Waals surface area contributed by atoms with Gasteiger partial charge in [0.05, 0.1) is 12.7 Å². The van der Waals surface area contributed by atoms with E-state index in [-0.39, 0.29) is 6.10 Å². The molecule has 3 aliphatic heterocycles. The number of aryl methyl sites for hydroxylation is 1. The third-order valence-electron chi connectivity index (χ3n) is 6.66. The molecule has 4 rings (SSSR count). The van der Waals surface area contributed by atoms with E-state index in [1.807, 2.05) is 7.05 Å². The van der Waals surface area contributed by atoms with Crippen molar-refractivity contribution in [1.82, 2.24) is 15.1 Å². The van der Waals surface area contributed by atoms with Gasteiger partial charge in [-0.05, 0) is 50.4 Å². The molecule has 0 aliphatic carbocycles. The summed E-state index contributed by atoms with van der Waals surface area (Å²) in [4.78, 5) is 12.0. The molecule has 1 N–H and O–H groups in total. The van der Waals surface area contributed by atoms with E-state index in [0.29, 0.717) is 6.04 Å². The van der Waals surface area contributed by atoms with Crippen LogP contribution in [0.4, 0.5) is 5.69 Å². The van der Waals surface area contributed by atoms with Crippen molar-refractivity contribution in [3.8, 4) is 0 Å². The highest BCUT2D eigenvalue weighted by Crippen LogP contribution is 2.24.